The minimum atomic E-state index is -0.273. The molecule has 0 unspecified atom stereocenters. The summed E-state index contributed by atoms with van der Waals surface area (Å²) in [5, 5.41) is 4.70. The number of anilines is 1. The molecule has 1 aliphatic rings. The predicted octanol–water partition coefficient (Wildman–Crippen LogP) is 4.29. The highest BCUT2D eigenvalue weighted by Gasteiger charge is 2.29. The number of nitrogens with one attached hydrogen (secondary N) is 1. The Kier molecular flexibility index (Phi) is 5.57. The van der Waals surface area contributed by atoms with Gasteiger partial charge in [0.15, 0.2) is 0 Å². The summed E-state index contributed by atoms with van der Waals surface area (Å²) in [5.74, 6) is -0.0342. The first-order chi connectivity index (χ1) is 13.6. The van der Waals surface area contributed by atoms with Crippen molar-refractivity contribution in [2.45, 2.75) is 19.1 Å². The zero-order chi connectivity index (χ0) is 19.5. The maximum Gasteiger partial charge on any atom is 0.241 e. The van der Waals surface area contributed by atoms with Gasteiger partial charge in [-0.2, -0.15) is 0 Å². The fourth-order valence-electron chi connectivity index (χ4n) is 3.52. The Balaban J connectivity index is 1.46. The zero-order valence-electron chi connectivity index (χ0n) is 15.6. The third-order valence-corrected chi connectivity index (χ3v) is 5.42. The number of hydrogen-bond donors (Lipinski definition) is 1. The Morgan fingerprint density at radius 2 is 2.04 bits per heavy atom. The average molecular weight is 396 g/mol. The van der Waals surface area contributed by atoms with E-state index < -0.39 is 0 Å². The minimum Gasteiger partial charge on any atom is -0.371 e. The van der Waals surface area contributed by atoms with E-state index in [1.165, 1.54) is 0 Å². The van der Waals surface area contributed by atoms with Crippen LogP contribution < -0.4 is 5.32 Å². The van der Waals surface area contributed by atoms with Gasteiger partial charge in [0.25, 0.3) is 0 Å². The van der Waals surface area contributed by atoms with Crippen molar-refractivity contribution in [2.75, 3.05) is 25.0 Å². The van der Waals surface area contributed by atoms with Crippen molar-refractivity contribution in [1.82, 2.24) is 9.88 Å². The normalized spacial score (nSPS) is 18.7. The third-order valence-electron chi connectivity index (χ3n) is 5.17. The van der Waals surface area contributed by atoms with E-state index in [9.17, 15) is 4.79 Å². The number of carbonyl (C=O) groups is 1. The van der Waals surface area contributed by atoms with Crippen LogP contribution in [-0.2, 0) is 9.53 Å². The van der Waals surface area contributed by atoms with E-state index in [1.807, 2.05) is 61.5 Å². The number of fused-ring (bicyclic) bond motifs is 1. The first kappa shape index (κ1) is 18.9. The fraction of sp³-hybridized carbons (Fsp3) is 0.273. The van der Waals surface area contributed by atoms with Crippen molar-refractivity contribution in [1.29, 1.82) is 0 Å². The SMILES string of the molecule is C[C@H](C(=O)Nc1cccc2ncccc12)N1CCO[C@@H](c2ccc(Cl)cc2)C1. The molecule has 6 heteroatoms. The Labute approximate surface area is 169 Å². The summed E-state index contributed by atoms with van der Waals surface area (Å²) in [6.45, 7) is 3.90. The van der Waals surface area contributed by atoms with Crippen LogP contribution in [0.1, 0.15) is 18.6 Å². The Hall–Kier alpha value is -2.47. The molecule has 3 aromatic rings. The van der Waals surface area contributed by atoms with Crippen LogP contribution in [0, 0.1) is 0 Å². The highest BCUT2D eigenvalue weighted by Crippen LogP contribution is 2.26. The minimum absolute atomic E-state index is 0.0342. The molecule has 1 N–H and O–H groups in total. The number of rotatable bonds is 4. The van der Waals surface area contributed by atoms with Gasteiger partial charge in [0, 0.05) is 29.7 Å². The molecule has 2 atom stereocenters. The molecule has 1 amide bonds. The van der Waals surface area contributed by atoms with Gasteiger partial charge in [-0.05, 0) is 48.9 Å². The van der Waals surface area contributed by atoms with Crippen LogP contribution in [0.3, 0.4) is 0 Å². The number of benzene rings is 2. The number of aromatic nitrogens is 1. The second kappa shape index (κ2) is 8.27. The van der Waals surface area contributed by atoms with E-state index in [2.05, 4.69) is 15.2 Å². The van der Waals surface area contributed by atoms with Crippen molar-refractivity contribution >= 4 is 34.1 Å². The van der Waals surface area contributed by atoms with Crippen molar-refractivity contribution in [3.8, 4) is 0 Å². The molecule has 0 spiro atoms. The summed E-state index contributed by atoms with van der Waals surface area (Å²) in [4.78, 5) is 19.4. The second-order valence-corrected chi connectivity index (χ2v) is 7.38. The van der Waals surface area contributed by atoms with Crippen molar-refractivity contribution < 1.29 is 9.53 Å². The molecule has 0 aliphatic carbocycles. The van der Waals surface area contributed by atoms with Crippen molar-refractivity contribution in [2.24, 2.45) is 0 Å². The summed E-state index contributed by atoms with van der Waals surface area (Å²) in [7, 11) is 0. The van der Waals surface area contributed by atoms with Gasteiger partial charge in [-0.25, -0.2) is 0 Å². The van der Waals surface area contributed by atoms with Crippen LogP contribution in [0.15, 0.2) is 60.8 Å². The van der Waals surface area contributed by atoms with Gasteiger partial charge in [-0.15, -0.1) is 0 Å². The van der Waals surface area contributed by atoms with Crippen LogP contribution in [0.5, 0.6) is 0 Å². The van der Waals surface area contributed by atoms with E-state index in [1.54, 1.807) is 6.20 Å². The predicted molar refractivity (Wildman–Crippen MR) is 112 cm³/mol. The first-order valence-electron chi connectivity index (χ1n) is 9.37. The average Bonchev–Trinajstić information content (AvgIpc) is 2.74. The molecule has 5 nitrogen and oxygen atoms in total. The summed E-state index contributed by atoms with van der Waals surface area (Å²) < 4.78 is 5.92. The van der Waals surface area contributed by atoms with Crippen LogP contribution >= 0.6 is 11.6 Å². The standard InChI is InChI=1S/C22H22ClN3O2/c1-15(22(27)25-20-6-2-5-19-18(20)4-3-11-24-19)26-12-13-28-21(14-26)16-7-9-17(23)10-8-16/h2-11,15,21H,12-14H2,1H3,(H,25,27)/t15-,21-/m1/s1. The van der Waals surface area contributed by atoms with Gasteiger partial charge in [-0.1, -0.05) is 29.8 Å². The van der Waals surface area contributed by atoms with E-state index in [-0.39, 0.29) is 18.1 Å². The number of ether oxygens (including phenoxy) is 1. The van der Waals surface area contributed by atoms with Gasteiger partial charge >= 0.3 is 0 Å². The van der Waals surface area contributed by atoms with Gasteiger partial charge in [0.1, 0.15) is 0 Å². The second-order valence-electron chi connectivity index (χ2n) is 6.95. The van der Waals surface area contributed by atoms with E-state index >= 15 is 0 Å². The van der Waals surface area contributed by atoms with Crippen LogP contribution in [-0.4, -0.2) is 41.5 Å². The van der Waals surface area contributed by atoms with Gasteiger partial charge in [0.2, 0.25) is 5.91 Å². The lowest BCUT2D eigenvalue weighted by molar-refractivity contribution is -0.124. The highest BCUT2D eigenvalue weighted by molar-refractivity contribution is 6.30. The first-order valence-corrected chi connectivity index (χ1v) is 9.75. The Morgan fingerprint density at radius 1 is 1.21 bits per heavy atom. The molecule has 1 aliphatic heterocycles. The molecular formula is C22H22ClN3O2. The zero-order valence-corrected chi connectivity index (χ0v) is 16.4. The molecule has 2 heterocycles. The van der Waals surface area contributed by atoms with Crippen LogP contribution in [0.2, 0.25) is 5.02 Å². The molecule has 1 aromatic heterocycles. The number of pyridine rings is 1. The molecule has 4 rings (SSSR count). The largest absolute Gasteiger partial charge is 0.371 e. The monoisotopic (exact) mass is 395 g/mol. The van der Waals surface area contributed by atoms with E-state index in [4.69, 9.17) is 16.3 Å². The molecule has 0 saturated carbocycles. The summed E-state index contributed by atoms with van der Waals surface area (Å²) in [5.41, 5.74) is 2.72. The van der Waals surface area contributed by atoms with Gasteiger partial charge < -0.3 is 10.1 Å². The number of nitrogens with zero attached hydrogens (tertiary/aromatic N) is 2. The smallest absolute Gasteiger partial charge is 0.241 e. The number of morpholine rings is 1. The Morgan fingerprint density at radius 3 is 2.86 bits per heavy atom. The molecular weight excluding hydrogens is 374 g/mol. The van der Waals surface area contributed by atoms with Crippen LogP contribution in [0.4, 0.5) is 5.69 Å². The van der Waals surface area contributed by atoms with Crippen molar-refractivity contribution in [3.63, 3.8) is 0 Å². The molecule has 1 saturated heterocycles. The fourth-order valence-corrected chi connectivity index (χ4v) is 3.64. The maximum absolute atomic E-state index is 12.9. The number of hydrogen-bond acceptors (Lipinski definition) is 4. The van der Waals surface area contributed by atoms with E-state index in [0.717, 1.165) is 28.7 Å². The number of halogens is 1. The quantitative estimate of drug-likeness (QED) is 0.716. The maximum atomic E-state index is 12.9. The Bertz CT molecular complexity index is 972. The highest BCUT2D eigenvalue weighted by atomic mass is 35.5. The lowest BCUT2D eigenvalue weighted by Gasteiger charge is -2.36. The van der Waals surface area contributed by atoms with Gasteiger partial charge in [0.05, 0.1) is 30.0 Å². The topological polar surface area (TPSA) is 54.5 Å². The number of carbonyl (C=O) groups excluding carboxylic acids is 1. The molecule has 0 bridgehead atoms. The molecule has 28 heavy (non-hydrogen) atoms. The number of amides is 1. The lowest BCUT2D eigenvalue weighted by atomic mass is 10.1. The summed E-state index contributed by atoms with van der Waals surface area (Å²) in [6.07, 6.45) is 1.68. The summed E-state index contributed by atoms with van der Waals surface area (Å²) >= 11 is 5.98. The molecule has 0 radical (unpaired) electrons. The van der Waals surface area contributed by atoms with Gasteiger partial charge in [-0.3, -0.25) is 14.7 Å². The molecule has 1 fully saturated rings. The molecule has 144 valence electrons. The summed E-state index contributed by atoms with van der Waals surface area (Å²) in [6, 6.07) is 17.0. The van der Waals surface area contributed by atoms with Crippen LogP contribution in [0.25, 0.3) is 10.9 Å². The van der Waals surface area contributed by atoms with Crippen molar-refractivity contribution in [3.05, 3.63) is 71.4 Å². The van der Waals surface area contributed by atoms with E-state index in [0.29, 0.717) is 18.2 Å². The molecule has 2 aromatic carbocycles. The third kappa shape index (κ3) is 4.02. The lowest BCUT2D eigenvalue weighted by Crippen LogP contribution is -2.48.